The number of amides is 1. The second kappa shape index (κ2) is 6.87. The second-order valence-corrected chi connectivity index (χ2v) is 9.62. The third kappa shape index (κ3) is 2.73. The van der Waals surface area contributed by atoms with Gasteiger partial charge >= 0.3 is 0 Å². The molecule has 3 fully saturated rings. The topological polar surface area (TPSA) is 186 Å². The van der Waals surface area contributed by atoms with Gasteiger partial charge in [-0.1, -0.05) is 0 Å². The van der Waals surface area contributed by atoms with E-state index in [1.54, 1.807) is 11.9 Å². The number of hydrogen-bond donors (Lipinski definition) is 8. The molecule has 0 aromatic rings. The van der Waals surface area contributed by atoms with E-state index in [9.17, 15) is 10.0 Å². The van der Waals surface area contributed by atoms with E-state index in [2.05, 4.69) is 42.1 Å². The summed E-state index contributed by atoms with van der Waals surface area (Å²) in [6, 6.07) is 0. The van der Waals surface area contributed by atoms with Crippen LogP contribution in [0.3, 0.4) is 0 Å². The van der Waals surface area contributed by atoms with Gasteiger partial charge in [0.2, 0.25) is 5.72 Å². The number of nitrogens with one attached hydrogen (secondary N) is 6. The van der Waals surface area contributed by atoms with Crippen LogP contribution in [-0.2, 0) is 14.5 Å². The standard InChI is InChI=1S/C16H29N10O4P/c1-14(17)9(6-11-16(14,23-28)30-26(31,29-11)8-4-3-5-8)13-21-19-10-7-12(27)20-22-15(10,2)25(13)24-18/h4,7,9,11,13,19,21-24H,3,5-6,17-18,31H2,1-2H3,(H,20,27). The van der Waals surface area contributed by atoms with Gasteiger partial charge in [0.05, 0.1) is 17.4 Å². The van der Waals surface area contributed by atoms with E-state index >= 15 is 0 Å². The Morgan fingerprint density at radius 3 is 2.74 bits per heavy atom. The van der Waals surface area contributed by atoms with E-state index in [1.807, 2.05) is 13.0 Å². The molecule has 14 nitrogen and oxygen atoms in total. The maximum Gasteiger partial charge on any atom is 0.260 e. The Balaban J connectivity index is 1.47. The average molecular weight is 456 g/mol. The number of hydroxylamine groups is 3. The average Bonchev–Trinajstić information content (AvgIpc) is 3.07. The highest BCUT2D eigenvalue weighted by Crippen LogP contribution is 2.56. The van der Waals surface area contributed by atoms with Crippen LogP contribution in [0.2, 0.25) is 0 Å². The molecule has 0 aromatic heterocycles. The number of carbonyl (C=O) groups is 1. The van der Waals surface area contributed by atoms with Crippen LogP contribution >= 0.6 is 9.39 Å². The lowest BCUT2D eigenvalue weighted by Crippen LogP contribution is -2.82. The molecule has 0 spiro atoms. The van der Waals surface area contributed by atoms with E-state index in [4.69, 9.17) is 21.3 Å². The van der Waals surface area contributed by atoms with Gasteiger partial charge in [-0.05, 0) is 37.3 Å². The zero-order chi connectivity index (χ0) is 22.2. The van der Waals surface area contributed by atoms with Gasteiger partial charge < -0.3 is 21.8 Å². The summed E-state index contributed by atoms with van der Waals surface area (Å²) >= 11 is 0. The van der Waals surface area contributed by atoms with Crippen LogP contribution < -0.4 is 44.3 Å². The monoisotopic (exact) mass is 456 g/mol. The zero-order valence-electron chi connectivity index (χ0n) is 17.3. The molecular weight excluding hydrogens is 427 g/mol. The predicted molar refractivity (Wildman–Crippen MR) is 110 cm³/mol. The lowest BCUT2D eigenvalue weighted by atomic mass is 9.82. The first-order valence-electron chi connectivity index (χ1n) is 10.1. The minimum Gasteiger partial charge on any atom is -0.785 e. The molecule has 1 saturated carbocycles. The minimum atomic E-state index is -1.48. The number of nitrogens with two attached hydrogens (primary N) is 2. The maximum atomic E-state index is 12.3. The minimum absolute atomic E-state index is 0.299. The summed E-state index contributed by atoms with van der Waals surface area (Å²) in [5, 5.41) is 14.0. The van der Waals surface area contributed by atoms with Gasteiger partial charge in [0.15, 0.2) is 21.2 Å². The Labute approximate surface area is 181 Å². The van der Waals surface area contributed by atoms with Crippen molar-refractivity contribution in [3.8, 4) is 0 Å². The molecule has 3 heterocycles. The molecule has 5 rings (SSSR count). The van der Waals surface area contributed by atoms with Crippen LogP contribution in [0.25, 0.3) is 0 Å². The summed E-state index contributed by atoms with van der Waals surface area (Å²) in [7, 11) is 2.53. The van der Waals surface area contributed by atoms with Crippen molar-refractivity contribution in [2.45, 2.75) is 62.3 Å². The summed E-state index contributed by atoms with van der Waals surface area (Å²) < 4.78 is -0.299. The SMILES string of the molecule is CC12NNC(=O)C=C1NNC(C1CC3O[N+](P)(C4=CCC4)OC3(N[O-])C1(C)N)N2NN. The number of rotatable bonds is 4. The lowest BCUT2D eigenvalue weighted by Gasteiger charge is -2.55. The van der Waals surface area contributed by atoms with E-state index < -0.39 is 29.2 Å². The van der Waals surface area contributed by atoms with Crippen LogP contribution in [0.15, 0.2) is 23.5 Å². The maximum absolute atomic E-state index is 12.3. The normalized spacial score (nSPS) is 49.4. The van der Waals surface area contributed by atoms with Gasteiger partial charge in [0.25, 0.3) is 5.91 Å². The van der Waals surface area contributed by atoms with Gasteiger partial charge in [-0.3, -0.25) is 16.1 Å². The number of quaternary nitrogens is 1. The second-order valence-electron chi connectivity index (χ2n) is 8.94. The highest BCUT2D eigenvalue weighted by atomic mass is 31.0. The molecule has 0 aromatic carbocycles. The first-order chi connectivity index (χ1) is 14.6. The molecule has 0 radical (unpaired) electrons. The van der Waals surface area contributed by atoms with Crippen molar-refractivity contribution in [1.29, 1.82) is 0 Å². The third-order valence-corrected chi connectivity index (χ3v) is 7.81. The van der Waals surface area contributed by atoms with E-state index in [0.717, 1.165) is 18.5 Å². The first-order valence-corrected chi connectivity index (χ1v) is 10.6. The summed E-state index contributed by atoms with van der Waals surface area (Å²) in [5.74, 6) is 5.24. The number of fused-ring (bicyclic) bond motifs is 2. The molecule has 5 aliphatic rings. The van der Waals surface area contributed by atoms with E-state index in [0.29, 0.717) is 12.1 Å². The fourth-order valence-corrected chi connectivity index (χ4v) is 5.73. The summed E-state index contributed by atoms with van der Waals surface area (Å²) in [6.45, 7) is 3.60. The Morgan fingerprint density at radius 2 is 2.16 bits per heavy atom. The van der Waals surface area contributed by atoms with Crippen molar-refractivity contribution < 1.29 is 19.0 Å². The summed E-state index contributed by atoms with van der Waals surface area (Å²) in [6.07, 6.45) is 4.48. The van der Waals surface area contributed by atoms with Crippen LogP contribution in [0.4, 0.5) is 0 Å². The van der Waals surface area contributed by atoms with Crippen LogP contribution in [0.1, 0.15) is 33.1 Å². The van der Waals surface area contributed by atoms with E-state index in [1.165, 1.54) is 6.08 Å². The Hall–Kier alpha value is -1.26. The molecule has 2 saturated heterocycles. The Morgan fingerprint density at radius 1 is 1.42 bits per heavy atom. The highest BCUT2D eigenvalue weighted by molar-refractivity contribution is 7.08. The van der Waals surface area contributed by atoms with Crippen LogP contribution in [0, 0.1) is 11.1 Å². The van der Waals surface area contributed by atoms with Crippen molar-refractivity contribution >= 4 is 15.3 Å². The summed E-state index contributed by atoms with van der Waals surface area (Å²) in [4.78, 5) is 24.2. The zero-order valence-corrected chi connectivity index (χ0v) is 18.4. The van der Waals surface area contributed by atoms with Gasteiger partial charge in [-0.25, -0.2) is 10.9 Å². The van der Waals surface area contributed by atoms with Gasteiger partial charge in [-0.15, -0.1) is 4.84 Å². The van der Waals surface area contributed by atoms with Crippen molar-refractivity contribution in [1.82, 2.24) is 37.7 Å². The molecule has 15 heteroatoms. The quantitative estimate of drug-likeness (QED) is 0.125. The van der Waals surface area contributed by atoms with Crippen LogP contribution in [0.5, 0.6) is 0 Å². The molecule has 10 N–H and O–H groups in total. The number of nitrogens with zero attached hydrogens (tertiary/aromatic N) is 2. The summed E-state index contributed by atoms with van der Waals surface area (Å²) in [5.41, 5.74) is 21.3. The highest BCUT2D eigenvalue weighted by Gasteiger charge is 2.74. The van der Waals surface area contributed by atoms with Crippen molar-refractivity contribution in [2.75, 3.05) is 0 Å². The fraction of sp³-hybridized carbons (Fsp3) is 0.688. The fourth-order valence-electron chi connectivity index (χ4n) is 5.19. The van der Waals surface area contributed by atoms with Gasteiger partial charge in [-0.2, -0.15) is 15.4 Å². The molecule has 2 aliphatic carbocycles. The Bertz CT molecular complexity index is 871. The van der Waals surface area contributed by atoms with E-state index in [-0.39, 0.29) is 16.4 Å². The molecule has 8 unspecified atom stereocenters. The number of carbonyl (C=O) groups excluding carboxylic acids is 1. The van der Waals surface area contributed by atoms with Crippen molar-refractivity contribution in [3.63, 3.8) is 0 Å². The molecule has 0 bridgehead atoms. The number of hydrazine groups is 4. The van der Waals surface area contributed by atoms with Gasteiger partial charge in [0, 0.05) is 18.4 Å². The largest absolute Gasteiger partial charge is 0.785 e. The number of allylic oxidation sites excluding steroid dienone is 2. The molecule has 172 valence electrons. The van der Waals surface area contributed by atoms with Crippen LogP contribution in [-0.4, -0.2) is 44.7 Å². The van der Waals surface area contributed by atoms with Crippen molar-refractivity contribution in [2.24, 2.45) is 17.5 Å². The van der Waals surface area contributed by atoms with Gasteiger partial charge in [0.1, 0.15) is 5.66 Å². The molecular formula is C16H29N10O4P. The molecule has 8 atom stereocenters. The molecule has 1 amide bonds. The Kier molecular flexibility index (Phi) is 4.78. The lowest BCUT2D eigenvalue weighted by molar-refractivity contribution is -1.12. The number of hydrogen-bond acceptors (Lipinski definition) is 12. The third-order valence-electron chi connectivity index (χ3n) is 7.25. The predicted octanol–water partition coefficient (Wildman–Crippen LogP) is -2.61. The molecule has 3 aliphatic heterocycles. The molecule has 31 heavy (non-hydrogen) atoms. The smallest absolute Gasteiger partial charge is 0.260 e. The van der Waals surface area contributed by atoms with Crippen molar-refractivity contribution in [3.05, 3.63) is 28.8 Å². The first kappa shape index (κ1) is 21.6.